The van der Waals surface area contributed by atoms with E-state index in [9.17, 15) is 4.79 Å². The van der Waals surface area contributed by atoms with Crippen LogP contribution < -0.4 is 5.73 Å². The van der Waals surface area contributed by atoms with Crippen molar-refractivity contribution in [1.82, 2.24) is 4.90 Å². The molecule has 0 aromatic rings. The monoisotopic (exact) mass is 184 g/mol. The Hall–Kier alpha value is -0.570. The van der Waals surface area contributed by atoms with Crippen LogP contribution in [0.15, 0.2) is 0 Å². The molecule has 1 rings (SSSR count). The smallest absolute Gasteiger partial charge is 0.225 e. The third kappa shape index (κ3) is 2.44. The van der Waals surface area contributed by atoms with E-state index in [0.717, 1.165) is 12.8 Å². The molecule has 3 heteroatoms. The Morgan fingerprint density at radius 1 is 1.38 bits per heavy atom. The molecule has 1 fully saturated rings. The van der Waals surface area contributed by atoms with Crippen LogP contribution in [0.25, 0.3) is 0 Å². The average molecular weight is 184 g/mol. The molecule has 1 aliphatic carbocycles. The summed E-state index contributed by atoms with van der Waals surface area (Å²) in [5.41, 5.74) is 5.66. The van der Waals surface area contributed by atoms with Crippen molar-refractivity contribution >= 4 is 5.91 Å². The van der Waals surface area contributed by atoms with Crippen LogP contribution in [0, 0.1) is 11.8 Å². The average Bonchev–Trinajstić information content (AvgIpc) is 2.16. The fourth-order valence-corrected chi connectivity index (χ4v) is 2.15. The zero-order valence-electron chi connectivity index (χ0n) is 8.62. The first-order valence-electron chi connectivity index (χ1n) is 5.08. The zero-order chi connectivity index (χ0) is 9.84. The normalized spacial score (nSPS) is 28.5. The van der Waals surface area contributed by atoms with Crippen molar-refractivity contribution in [2.75, 3.05) is 20.6 Å². The van der Waals surface area contributed by atoms with Gasteiger partial charge >= 0.3 is 0 Å². The number of nitrogens with zero attached hydrogens (tertiary/aromatic N) is 1. The Bertz CT molecular complexity index is 180. The number of hydrogen-bond donors (Lipinski definition) is 1. The number of carbonyl (C=O) groups is 1. The minimum atomic E-state index is 0.189. The van der Waals surface area contributed by atoms with Gasteiger partial charge in [0, 0.05) is 20.0 Å². The summed E-state index contributed by atoms with van der Waals surface area (Å²) in [5.74, 6) is 0.868. The summed E-state index contributed by atoms with van der Waals surface area (Å²) in [6, 6.07) is 0. The Kier molecular flexibility index (Phi) is 3.72. The van der Waals surface area contributed by atoms with E-state index in [1.165, 1.54) is 12.8 Å². The Labute approximate surface area is 80.3 Å². The lowest BCUT2D eigenvalue weighted by Crippen LogP contribution is -2.38. The molecule has 0 bridgehead atoms. The van der Waals surface area contributed by atoms with Gasteiger partial charge in [-0.1, -0.05) is 12.8 Å². The predicted octanol–water partition coefficient (Wildman–Crippen LogP) is 0.840. The molecule has 0 aromatic heterocycles. The first-order valence-corrected chi connectivity index (χ1v) is 5.08. The zero-order valence-corrected chi connectivity index (χ0v) is 8.62. The van der Waals surface area contributed by atoms with Gasteiger partial charge in [-0.05, 0) is 25.3 Å². The molecule has 0 aliphatic heterocycles. The number of hydrogen-bond acceptors (Lipinski definition) is 2. The summed E-state index contributed by atoms with van der Waals surface area (Å²) in [4.78, 5) is 13.4. The number of nitrogens with two attached hydrogens (primary N) is 1. The van der Waals surface area contributed by atoms with E-state index in [1.807, 2.05) is 14.1 Å². The summed E-state index contributed by atoms with van der Waals surface area (Å²) >= 11 is 0. The third-order valence-corrected chi connectivity index (χ3v) is 2.97. The van der Waals surface area contributed by atoms with E-state index in [1.54, 1.807) is 4.90 Å². The Morgan fingerprint density at radius 2 is 2.00 bits per heavy atom. The molecule has 2 N–H and O–H groups in total. The van der Waals surface area contributed by atoms with Crippen LogP contribution in [0.1, 0.15) is 25.7 Å². The minimum absolute atomic E-state index is 0.189. The Balaban J connectivity index is 2.58. The van der Waals surface area contributed by atoms with E-state index >= 15 is 0 Å². The molecule has 2 atom stereocenters. The number of carbonyl (C=O) groups excluding carboxylic acids is 1. The predicted molar refractivity (Wildman–Crippen MR) is 53.2 cm³/mol. The summed E-state index contributed by atoms with van der Waals surface area (Å²) < 4.78 is 0. The second kappa shape index (κ2) is 4.61. The summed E-state index contributed by atoms with van der Waals surface area (Å²) in [6.07, 6.45) is 4.57. The SMILES string of the molecule is CN(C)C(=O)C1CCCCC1CN. The van der Waals surface area contributed by atoms with Gasteiger partial charge in [0.2, 0.25) is 5.91 Å². The van der Waals surface area contributed by atoms with E-state index in [0.29, 0.717) is 12.5 Å². The Morgan fingerprint density at radius 3 is 2.54 bits per heavy atom. The van der Waals surface area contributed by atoms with Gasteiger partial charge in [-0.2, -0.15) is 0 Å². The van der Waals surface area contributed by atoms with E-state index in [2.05, 4.69) is 0 Å². The molecule has 2 unspecified atom stereocenters. The fraction of sp³-hybridized carbons (Fsp3) is 0.900. The van der Waals surface area contributed by atoms with Gasteiger partial charge < -0.3 is 10.6 Å². The first-order chi connectivity index (χ1) is 6.16. The van der Waals surface area contributed by atoms with Crippen molar-refractivity contribution in [2.24, 2.45) is 17.6 Å². The first kappa shape index (κ1) is 10.5. The summed E-state index contributed by atoms with van der Waals surface area (Å²) in [5, 5.41) is 0. The highest BCUT2D eigenvalue weighted by atomic mass is 16.2. The highest BCUT2D eigenvalue weighted by Gasteiger charge is 2.30. The lowest BCUT2D eigenvalue weighted by atomic mass is 9.78. The maximum Gasteiger partial charge on any atom is 0.225 e. The highest BCUT2D eigenvalue weighted by molar-refractivity contribution is 5.78. The molecular weight excluding hydrogens is 164 g/mol. The quantitative estimate of drug-likeness (QED) is 0.691. The van der Waals surface area contributed by atoms with Gasteiger partial charge in [0.1, 0.15) is 0 Å². The molecule has 0 radical (unpaired) electrons. The lowest BCUT2D eigenvalue weighted by Gasteiger charge is -2.31. The van der Waals surface area contributed by atoms with E-state index in [-0.39, 0.29) is 11.8 Å². The van der Waals surface area contributed by atoms with E-state index in [4.69, 9.17) is 5.73 Å². The molecular formula is C10H20N2O. The van der Waals surface area contributed by atoms with Gasteiger partial charge in [0.05, 0.1) is 0 Å². The van der Waals surface area contributed by atoms with Gasteiger partial charge in [0.15, 0.2) is 0 Å². The standard InChI is InChI=1S/C10H20N2O/c1-12(2)10(13)9-6-4-3-5-8(9)7-11/h8-9H,3-7,11H2,1-2H3. The van der Waals surface area contributed by atoms with Gasteiger partial charge in [-0.3, -0.25) is 4.79 Å². The molecule has 1 saturated carbocycles. The minimum Gasteiger partial charge on any atom is -0.349 e. The largest absolute Gasteiger partial charge is 0.349 e. The molecule has 0 aromatic carbocycles. The third-order valence-electron chi connectivity index (χ3n) is 2.97. The van der Waals surface area contributed by atoms with E-state index < -0.39 is 0 Å². The molecule has 0 spiro atoms. The molecule has 0 heterocycles. The second-order valence-corrected chi connectivity index (χ2v) is 4.12. The van der Waals surface area contributed by atoms with Crippen molar-refractivity contribution in [3.05, 3.63) is 0 Å². The van der Waals surface area contributed by atoms with Gasteiger partial charge in [0.25, 0.3) is 0 Å². The molecule has 0 saturated heterocycles. The van der Waals surface area contributed by atoms with Crippen LogP contribution in [-0.4, -0.2) is 31.4 Å². The fourth-order valence-electron chi connectivity index (χ4n) is 2.15. The van der Waals surface area contributed by atoms with Gasteiger partial charge in [-0.25, -0.2) is 0 Å². The molecule has 1 aliphatic rings. The molecule has 13 heavy (non-hydrogen) atoms. The van der Waals surface area contributed by atoms with Crippen LogP contribution in [0.5, 0.6) is 0 Å². The topological polar surface area (TPSA) is 46.3 Å². The molecule has 3 nitrogen and oxygen atoms in total. The van der Waals surface area contributed by atoms with Crippen molar-refractivity contribution in [2.45, 2.75) is 25.7 Å². The van der Waals surface area contributed by atoms with Crippen LogP contribution in [-0.2, 0) is 4.79 Å². The maximum atomic E-state index is 11.7. The van der Waals surface area contributed by atoms with Crippen LogP contribution >= 0.6 is 0 Å². The van der Waals surface area contributed by atoms with Crippen LogP contribution in [0.2, 0.25) is 0 Å². The van der Waals surface area contributed by atoms with Crippen LogP contribution in [0.3, 0.4) is 0 Å². The highest BCUT2D eigenvalue weighted by Crippen LogP contribution is 2.30. The van der Waals surface area contributed by atoms with Crippen molar-refractivity contribution in [3.63, 3.8) is 0 Å². The van der Waals surface area contributed by atoms with Crippen LogP contribution in [0.4, 0.5) is 0 Å². The summed E-state index contributed by atoms with van der Waals surface area (Å²) in [7, 11) is 3.65. The number of amides is 1. The molecule has 76 valence electrons. The molecule has 1 amide bonds. The maximum absolute atomic E-state index is 11.7. The van der Waals surface area contributed by atoms with Crippen molar-refractivity contribution in [1.29, 1.82) is 0 Å². The summed E-state index contributed by atoms with van der Waals surface area (Å²) in [6.45, 7) is 0.657. The van der Waals surface area contributed by atoms with Crippen molar-refractivity contribution in [3.8, 4) is 0 Å². The van der Waals surface area contributed by atoms with Crippen molar-refractivity contribution < 1.29 is 4.79 Å². The number of rotatable bonds is 2. The second-order valence-electron chi connectivity index (χ2n) is 4.12. The van der Waals surface area contributed by atoms with Gasteiger partial charge in [-0.15, -0.1) is 0 Å². The lowest BCUT2D eigenvalue weighted by molar-refractivity contribution is -0.135.